The quantitative estimate of drug-likeness (QED) is 0.701. The molecular formula is C22H18N2O2S. The lowest BCUT2D eigenvalue weighted by Gasteiger charge is -2.04. The van der Waals surface area contributed by atoms with Gasteiger partial charge in [-0.15, -0.1) is 11.3 Å². The minimum atomic E-state index is -0.205. The van der Waals surface area contributed by atoms with Crippen molar-refractivity contribution in [1.29, 1.82) is 0 Å². The van der Waals surface area contributed by atoms with Crippen LogP contribution in [0.2, 0.25) is 0 Å². The van der Waals surface area contributed by atoms with Gasteiger partial charge in [0.2, 0.25) is 0 Å². The predicted octanol–water partition coefficient (Wildman–Crippen LogP) is 4.97. The van der Waals surface area contributed by atoms with E-state index in [1.165, 1.54) is 16.9 Å². The van der Waals surface area contributed by atoms with E-state index in [2.05, 4.69) is 22.4 Å². The Kier molecular flexibility index (Phi) is 4.85. The molecule has 0 saturated carbocycles. The maximum atomic E-state index is 12.6. The first kappa shape index (κ1) is 17.2. The molecule has 1 amide bonds. The van der Waals surface area contributed by atoms with Crippen molar-refractivity contribution < 1.29 is 9.53 Å². The summed E-state index contributed by atoms with van der Waals surface area (Å²) < 4.78 is 5.60. The summed E-state index contributed by atoms with van der Waals surface area (Å²) in [6.07, 6.45) is 7.65. The van der Waals surface area contributed by atoms with Crippen LogP contribution in [0.1, 0.15) is 21.6 Å². The number of rotatable bonds is 4. The third-order valence-corrected chi connectivity index (χ3v) is 5.09. The Labute approximate surface area is 161 Å². The first-order valence-electron chi connectivity index (χ1n) is 8.63. The second-order valence-electron chi connectivity index (χ2n) is 6.31. The Morgan fingerprint density at radius 2 is 2.04 bits per heavy atom. The zero-order chi connectivity index (χ0) is 18.6. The molecule has 0 saturated heterocycles. The van der Waals surface area contributed by atoms with Crippen molar-refractivity contribution in [1.82, 2.24) is 4.98 Å². The Morgan fingerprint density at radius 1 is 1.19 bits per heavy atom. The average molecular weight is 374 g/mol. The highest BCUT2D eigenvalue weighted by atomic mass is 32.1. The molecule has 27 heavy (non-hydrogen) atoms. The van der Waals surface area contributed by atoms with Gasteiger partial charge in [0, 0.05) is 28.6 Å². The minimum absolute atomic E-state index is 0.205. The number of aromatic nitrogens is 1. The molecule has 1 aromatic heterocycles. The molecule has 5 heteroatoms. The number of fused-ring (bicyclic) bond motifs is 1. The highest BCUT2D eigenvalue weighted by Gasteiger charge is 2.14. The smallest absolute Gasteiger partial charge is 0.257 e. The molecule has 0 spiro atoms. The van der Waals surface area contributed by atoms with Crippen LogP contribution < -0.4 is 10.1 Å². The van der Waals surface area contributed by atoms with E-state index < -0.39 is 0 Å². The van der Waals surface area contributed by atoms with Gasteiger partial charge in [0.05, 0.1) is 6.26 Å². The summed E-state index contributed by atoms with van der Waals surface area (Å²) in [4.78, 5) is 18.1. The largest absolute Gasteiger partial charge is 0.464 e. The second kappa shape index (κ2) is 7.60. The Balaban J connectivity index is 1.48. The maximum Gasteiger partial charge on any atom is 0.257 e. The van der Waals surface area contributed by atoms with Gasteiger partial charge in [0.1, 0.15) is 5.75 Å². The second-order valence-corrected chi connectivity index (χ2v) is 7.42. The fourth-order valence-corrected chi connectivity index (χ4v) is 3.66. The number of nitrogens with zero attached hydrogens (tertiary/aromatic N) is 1. The molecule has 0 aliphatic carbocycles. The van der Waals surface area contributed by atoms with Gasteiger partial charge in [0.25, 0.3) is 5.91 Å². The topological polar surface area (TPSA) is 51.2 Å². The van der Waals surface area contributed by atoms with E-state index in [-0.39, 0.29) is 5.91 Å². The molecule has 2 aromatic carbocycles. The lowest BCUT2D eigenvalue weighted by molar-refractivity contribution is -0.112. The van der Waals surface area contributed by atoms with Crippen molar-refractivity contribution in [2.45, 2.75) is 13.3 Å². The Bertz CT molecular complexity index is 1040. The van der Waals surface area contributed by atoms with Gasteiger partial charge < -0.3 is 4.74 Å². The monoisotopic (exact) mass is 374 g/mol. The molecule has 134 valence electrons. The maximum absolute atomic E-state index is 12.6. The normalized spacial score (nSPS) is 12.6. The first-order valence-corrected chi connectivity index (χ1v) is 9.44. The van der Waals surface area contributed by atoms with E-state index in [0.29, 0.717) is 10.7 Å². The van der Waals surface area contributed by atoms with Crippen molar-refractivity contribution in [3.8, 4) is 5.75 Å². The molecule has 3 aromatic rings. The number of hydrogen-bond acceptors (Lipinski definition) is 4. The highest BCUT2D eigenvalue weighted by Crippen LogP contribution is 2.27. The van der Waals surface area contributed by atoms with Gasteiger partial charge in [-0.05, 0) is 36.3 Å². The van der Waals surface area contributed by atoms with Crippen LogP contribution in [0.4, 0.5) is 5.13 Å². The van der Waals surface area contributed by atoms with Gasteiger partial charge >= 0.3 is 0 Å². The number of benzene rings is 2. The van der Waals surface area contributed by atoms with E-state index in [4.69, 9.17) is 4.74 Å². The van der Waals surface area contributed by atoms with Crippen LogP contribution in [0.25, 0.3) is 6.08 Å². The molecule has 1 N–H and O–H groups in total. The van der Waals surface area contributed by atoms with E-state index >= 15 is 0 Å². The summed E-state index contributed by atoms with van der Waals surface area (Å²) in [5, 5.41) is 3.47. The van der Waals surface area contributed by atoms with E-state index in [1.54, 1.807) is 12.3 Å². The van der Waals surface area contributed by atoms with Gasteiger partial charge in [-0.3, -0.25) is 10.1 Å². The average Bonchev–Trinajstić information content (AvgIpc) is 2.98. The number of carbonyl (C=O) groups is 1. The number of amides is 1. The van der Waals surface area contributed by atoms with Crippen molar-refractivity contribution in [3.63, 3.8) is 0 Å². The minimum Gasteiger partial charge on any atom is -0.464 e. The molecule has 2 heterocycles. The number of hydrogen-bond donors (Lipinski definition) is 1. The van der Waals surface area contributed by atoms with Crippen LogP contribution in [0.3, 0.4) is 0 Å². The van der Waals surface area contributed by atoms with Crippen molar-refractivity contribution >= 4 is 28.5 Å². The van der Waals surface area contributed by atoms with E-state index in [0.717, 1.165) is 28.2 Å². The zero-order valence-electron chi connectivity index (χ0n) is 14.8. The van der Waals surface area contributed by atoms with Crippen molar-refractivity contribution in [3.05, 3.63) is 94.2 Å². The summed E-state index contributed by atoms with van der Waals surface area (Å²) in [5.41, 5.74) is 3.73. The summed E-state index contributed by atoms with van der Waals surface area (Å²) in [7, 11) is 0. The van der Waals surface area contributed by atoms with Crippen LogP contribution in [0.5, 0.6) is 5.75 Å². The number of ether oxygens (including phenoxy) is 1. The van der Waals surface area contributed by atoms with E-state index in [1.807, 2.05) is 55.6 Å². The number of carbonyl (C=O) groups excluding carboxylic acids is 1. The van der Waals surface area contributed by atoms with Gasteiger partial charge in [-0.2, -0.15) is 0 Å². The first-order chi connectivity index (χ1) is 13.2. The predicted molar refractivity (Wildman–Crippen MR) is 109 cm³/mol. The molecule has 4 nitrogen and oxygen atoms in total. The molecule has 0 bridgehead atoms. The highest BCUT2D eigenvalue weighted by molar-refractivity contribution is 7.15. The summed E-state index contributed by atoms with van der Waals surface area (Å²) in [6.45, 7) is 2.01. The molecule has 0 unspecified atom stereocenters. The number of nitrogens with one attached hydrogen (secondary N) is 1. The van der Waals surface area contributed by atoms with Crippen molar-refractivity contribution in [2.75, 3.05) is 5.32 Å². The molecule has 1 aliphatic heterocycles. The molecule has 0 radical (unpaired) electrons. The van der Waals surface area contributed by atoms with Crippen LogP contribution in [-0.4, -0.2) is 10.9 Å². The van der Waals surface area contributed by atoms with Crippen LogP contribution in [-0.2, 0) is 11.2 Å². The Morgan fingerprint density at radius 3 is 2.89 bits per heavy atom. The number of aryl methyl sites for hydroxylation is 1. The summed E-state index contributed by atoms with van der Waals surface area (Å²) in [6, 6.07) is 16.1. The summed E-state index contributed by atoms with van der Waals surface area (Å²) >= 11 is 1.49. The summed E-state index contributed by atoms with van der Waals surface area (Å²) in [5.74, 6) is 0.539. The molecule has 0 fully saturated rings. The van der Waals surface area contributed by atoms with E-state index in [9.17, 15) is 4.79 Å². The fraction of sp³-hybridized carbons (Fsp3) is 0.0909. The molecule has 4 rings (SSSR count). The Hall–Kier alpha value is -3.18. The van der Waals surface area contributed by atoms with Crippen LogP contribution in [0.15, 0.2) is 72.6 Å². The van der Waals surface area contributed by atoms with Crippen molar-refractivity contribution in [2.24, 2.45) is 0 Å². The van der Waals surface area contributed by atoms with Gasteiger partial charge in [-0.25, -0.2) is 4.98 Å². The molecular weight excluding hydrogens is 356 g/mol. The number of anilines is 1. The molecule has 0 atom stereocenters. The fourth-order valence-electron chi connectivity index (χ4n) is 2.81. The van der Waals surface area contributed by atoms with Gasteiger partial charge in [0.15, 0.2) is 5.13 Å². The van der Waals surface area contributed by atoms with Gasteiger partial charge in [-0.1, -0.05) is 42.5 Å². The zero-order valence-corrected chi connectivity index (χ0v) is 15.6. The van der Waals surface area contributed by atoms with Crippen LogP contribution in [0, 0.1) is 6.92 Å². The van der Waals surface area contributed by atoms with Crippen LogP contribution >= 0.6 is 11.3 Å². The lowest BCUT2D eigenvalue weighted by Crippen LogP contribution is -2.12. The lowest BCUT2D eigenvalue weighted by atomic mass is 10.1. The molecule has 1 aliphatic rings. The third kappa shape index (κ3) is 4.15. The standard InChI is InChI=1S/C22H18N2O2S/c1-15-7-8-17-13-18(9-10-26-20(17)11-15)21(25)24-22-23-14-19(27-22)12-16-5-3-2-4-6-16/h2-11,13-14H,12H2,1H3,(H,23,24,25). The number of thiazole rings is 1. The SMILES string of the molecule is Cc1ccc2c(c1)OC=CC(C(=O)Nc1ncc(Cc3ccccc3)s1)=C2. The third-order valence-electron chi connectivity index (χ3n) is 4.18.